The van der Waals surface area contributed by atoms with Crippen molar-refractivity contribution in [2.75, 3.05) is 0 Å². The fourth-order valence-electron chi connectivity index (χ4n) is 2.83. The largest absolute Gasteiger partial charge is 0.391 e. The van der Waals surface area contributed by atoms with Gasteiger partial charge in [0.05, 0.1) is 12.6 Å². The fraction of sp³-hybridized carbons (Fsp3) is 0.786. The van der Waals surface area contributed by atoms with E-state index in [1.54, 1.807) is 21.5 Å². The zero-order chi connectivity index (χ0) is 13.1. The van der Waals surface area contributed by atoms with Crippen LogP contribution in [0.15, 0.2) is 17.2 Å². The molecular weight excluding hydrogens is 228 g/mol. The van der Waals surface area contributed by atoms with Crippen molar-refractivity contribution in [1.29, 1.82) is 0 Å². The Bertz CT molecular complexity index is 427. The SMILES string of the molecule is CC(C)n1ccn(CC(O)C2CCCCC2)c1=O. The van der Waals surface area contributed by atoms with Gasteiger partial charge in [0, 0.05) is 18.4 Å². The van der Waals surface area contributed by atoms with Gasteiger partial charge in [0.2, 0.25) is 0 Å². The van der Waals surface area contributed by atoms with Crippen LogP contribution in [-0.2, 0) is 6.54 Å². The van der Waals surface area contributed by atoms with Gasteiger partial charge in [-0.25, -0.2) is 4.79 Å². The van der Waals surface area contributed by atoms with Crippen LogP contribution in [-0.4, -0.2) is 20.3 Å². The van der Waals surface area contributed by atoms with Gasteiger partial charge in [0.25, 0.3) is 0 Å². The quantitative estimate of drug-likeness (QED) is 0.892. The molecule has 0 aromatic carbocycles. The van der Waals surface area contributed by atoms with E-state index >= 15 is 0 Å². The van der Waals surface area contributed by atoms with Gasteiger partial charge in [0.15, 0.2) is 0 Å². The van der Waals surface area contributed by atoms with Crippen molar-refractivity contribution in [3.63, 3.8) is 0 Å². The number of hydrogen-bond donors (Lipinski definition) is 1. The van der Waals surface area contributed by atoms with Gasteiger partial charge >= 0.3 is 5.69 Å². The maximum absolute atomic E-state index is 12.0. The highest BCUT2D eigenvalue weighted by atomic mass is 16.3. The molecule has 1 fully saturated rings. The molecule has 0 amide bonds. The zero-order valence-corrected chi connectivity index (χ0v) is 11.4. The topological polar surface area (TPSA) is 47.2 Å². The van der Waals surface area contributed by atoms with Crippen molar-refractivity contribution < 1.29 is 5.11 Å². The normalized spacial score (nSPS) is 19.3. The molecule has 18 heavy (non-hydrogen) atoms. The Morgan fingerprint density at radius 1 is 1.28 bits per heavy atom. The first-order valence-corrected chi connectivity index (χ1v) is 7.05. The summed E-state index contributed by atoms with van der Waals surface area (Å²) in [4.78, 5) is 12.0. The van der Waals surface area contributed by atoms with Crippen molar-refractivity contribution in [1.82, 2.24) is 9.13 Å². The van der Waals surface area contributed by atoms with Gasteiger partial charge in [0.1, 0.15) is 0 Å². The Kier molecular flexibility index (Phi) is 4.27. The summed E-state index contributed by atoms with van der Waals surface area (Å²) in [5.74, 6) is 0.369. The van der Waals surface area contributed by atoms with Crippen LogP contribution >= 0.6 is 0 Å². The Morgan fingerprint density at radius 2 is 1.94 bits per heavy atom. The highest BCUT2D eigenvalue weighted by molar-refractivity contribution is 4.85. The second kappa shape index (κ2) is 5.74. The molecule has 4 heteroatoms. The predicted octanol–water partition coefficient (Wildman–Crippen LogP) is 2.17. The van der Waals surface area contributed by atoms with E-state index in [4.69, 9.17) is 0 Å². The van der Waals surface area contributed by atoms with Crippen molar-refractivity contribution >= 4 is 0 Å². The fourth-order valence-corrected chi connectivity index (χ4v) is 2.83. The van der Waals surface area contributed by atoms with E-state index < -0.39 is 0 Å². The van der Waals surface area contributed by atoms with Crippen LogP contribution in [0.3, 0.4) is 0 Å². The van der Waals surface area contributed by atoms with E-state index in [0.717, 1.165) is 12.8 Å². The summed E-state index contributed by atoms with van der Waals surface area (Å²) < 4.78 is 3.34. The minimum Gasteiger partial charge on any atom is -0.391 e. The Labute approximate surface area is 108 Å². The first kappa shape index (κ1) is 13.4. The number of hydrogen-bond acceptors (Lipinski definition) is 2. The maximum Gasteiger partial charge on any atom is 0.328 e. The van der Waals surface area contributed by atoms with E-state index in [-0.39, 0.29) is 17.8 Å². The van der Waals surface area contributed by atoms with Crippen LogP contribution in [0.25, 0.3) is 0 Å². The smallest absolute Gasteiger partial charge is 0.328 e. The Morgan fingerprint density at radius 3 is 2.50 bits per heavy atom. The van der Waals surface area contributed by atoms with E-state index in [0.29, 0.717) is 12.5 Å². The summed E-state index contributed by atoms with van der Waals surface area (Å²) >= 11 is 0. The van der Waals surface area contributed by atoms with E-state index in [1.807, 2.05) is 13.8 Å². The molecule has 1 unspecified atom stereocenters. The van der Waals surface area contributed by atoms with Gasteiger partial charge in [-0.2, -0.15) is 0 Å². The van der Waals surface area contributed by atoms with Gasteiger partial charge < -0.3 is 5.11 Å². The highest BCUT2D eigenvalue weighted by Crippen LogP contribution is 2.26. The van der Waals surface area contributed by atoms with Crippen LogP contribution in [0.5, 0.6) is 0 Å². The molecule has 1 saturated carbocycles. The molecule has 1 aromatic rings. The van der Waals surface area contributed by atoms with E-state index in [2.05, 4.69) is 0 Å². The zero-order valence-electron chi connectivity index (χ0n) is 11.4. The summed E-state index contributed by atoms with van der Waals surface area (Å²) in [5.41, 5.74) is -0.0140. The number of rotatable bonds is 4. The molecule has 1 N–H and O–H groups in total. The second-order valence-electron chi connectivity index (χ2n) is 5.70. The minimum absolute atomic E-state index is 0.0140. The number of nitrogens with zero attached hydrogens (tertiary/aromatic N) is 2. The van der Waals surface area contributed by atoms with Crippen molar-refractivity contribution in [3.8, 4) is 0 Å². The van der Waals surface area contributed by atoms with E-state index in [9.17, 15) is 9.90 Å². The van der Waals surface area contributed by atoms with Crippen LogP contribution in [0.1, 0.15) is 52.0 Å². The van der Waals surface area contributed by atoms with Crippen LogP contribution in [0.2, 0.25) is 0 Å². The summed E-state index contributed by atoms with van der Waals surface area (Å²) in [5, 5.41) is 10.2. The monoisotopic (exact) mass is 252 g/mol. The first-order chi connectivity index (χ1) is 8.59. The van der Waals surface area contributed by atoms with Crippen LogP contribution in [0, 0.1) is 5.92 Å². The molecule has 0 spiro atoms. The standard InChI is InChI=1S/C14H24N2O2/c1-11(2)16-9-8-15(14(16)18)10-13(17)12-6-4-3-5-7-12/h8-9,11-13,17H,3-7,10H2,1-2H3. The number of imidazole rings is 1. The maximum atomic E-state index is 12.0. The van der Waals surface area contributed by atoms with Crippen molar-refractivity contribution in [2.45, 2.75) is 64.6 Å². The summed E-state index contributed by atoms with van der Waals surface area (Å²) in [6, 6.07) is 0.172. The number of aromatic nitrogens is 2. The summed E-state index contributed by atoms with van der Waals surface area (Å²) in [6.07, 6.45) is 9.11. The average Bonchev–Trinajstić information content (AvgIpc) is 2.72. The number of aliphatic hydroxyl groups is 1. The predicted molar refractivity (Wildman–Crippen MR) is 71.7 cm³/mol. The minimum atomic E-state index is -0.383. The van der Waals surface area contributed by atoms with Crippen molar-refractivity contribution in [2.24, 2.45) is 5.92 Å². The lowest BCUT2D eigenvalue weighted by molar-refractivity contribution is 0.0686. The second-order valence-corrected chi connectivity index (χ2v) is 5.70. The molecule has 2 rings (SSSR count). The van der Waals surface area contributed by atoms with Gasteiger partial charge in [-0.15, -0.1) is 0 Å². The first-order valence-electron chi connectivity index (χ1n) is 7.05. The van der Waals surface area contributed by atoms with Crippen molar-refractivity contribution in [3.05, 3.63) is 22.9 Å². The molecule has 0 saturated heterocycles. The third kappa shape index (κ3) is 2.86. The summed E-state index contributed by atoms with van der Waals surface area (Å²) in [6.45, 7) is 4.41. The molecule has 0 aliphatic heterocycles. The Balaban J connectivity index is 2.02. The molecule has 1 aliphatic carbocycles. The molecule has 1 atom stereocenters. The van der Waals surface area contributed by atoms with Gasteiger partial charge in [-0.3, -0.25) is 9.13 Å². The molecular formula is C14H24N2O2. The van der Waals surface area contributed by atoms with Gasteiger partial charge in [-0.1, -0.05) is 19.3 Å². The van der Waals surface area contributed by atoms with Gasteiger partial charge in [-0.05, 0) is 32.6 Å². The highest BCUT2D eigenvalue weighted by Gasteiger charge is 2.22. The third-order valence-corrected chi connectivity index (χ3v) is 4.01. The van der Waals surface area contributed by atoms with E-state index in [1.165, 1.54) is 19.3 Å². The lowest BCUT2D eigenvalue weighted by Gasteiger charge is -2.26. The van der Waals surface area contributed by atoms with Crippen LogP contribution < -0.4 is 5.69 Å². The molecule has 1 aliphatic rings. The molecule has 0 radical (unpaired) electrons. The molecule has 0 bridgehead atoms. The van der Waals surface area contributed by atoms with Crippen LogP contribution in [0.4, 0.5) is 0 Å². The average molecular weight is 252 g/mol. The molecule has 1 heterocycles. The Hall–Kier alpha value is -1.03. The molecule has 1 aromatic heterocycles. The lowest BCUT2D eigenvalue weighted by Crippen LogP contribution is -2.33. The third-order valence-electron chi connectivity index (χ3n) is 4.01. The lowest BCUT2D eigenvalue weighted by atomic mass is 9.85. The molecule has 102 valence electrons. The number of aliphatic hydroxyl groups excluding tert-OH is 1. The molecule has 4 nitrogen and oxygen atoms in total. The summed E-state index contributed by atoms with van der Waals surface area (Å²) in [7, 11) is 0.